The van der Waals surface area contributed by atoms with Gasteiger partial charge >= 0.3 is 0 Å². The van der Waals surface area contributed by atoms with E-state index in [0.29, 0.717) is 0 Å². The molecule has 0 bridgehead atoms. The molecule has 0 spiro atoms. The van der Waals surface area contributed by atoms with E-state index in [2.05, 4.69) is 0 Å². The molecule has 0 radical (unpaired) electrons. The van der Waals surface area contributed by atoms with E-state index in [1.807, 2.05) is 0 Å². The van der Waals surface area contributed by atoms with Gasteiger partial charge in [0, 0.05) is 11.1 Å². The summed E-state index contributed by atoms with van der Waals surface area (Å²) in [6, 6.07) is 0. The number of rotatable bonds is 0. The molecular weight excluding hydrogens is 342 g/mol. The third-order valence-corrected chi connectivity index (χ3v) is 4.14. The molecule has 0 fully saturated rings. The number of hydrogen-bond acceptors (Lipinski definition) is 0. The van der Waals surface area contributed by atoms with Gasteiger partial charge in [-0.15, -0.1) is 0 Å². The summed E-state index contributed by atoms with van der Waals surface area (Å²) in [6.07, 6.45) is 0. The van der Waals surface area contributed by atoms with Gasteiger partial charge in [-0.2, -0.15) is 0 Å². The third kappa shape index (κ3) is 1.67. The summed E-state index contributed by atoms with van der Waals surface area (Å²) in [7, 11) is 0. The van der Waals surface area contributed by atoms with Crippen LogP contribution < -0.4 is 0 Å². The van der Waals surface area contributed by atoms with E-state index in [4.69, 9.17) is 58.0 Å². The van der Waals surface area contributed by atoms with Crippen LogP contribution >= 0.6 is 58.0 Å². The maximum absolute atomic E-state index is 13.8. The average Bonchev–Trinajstić information content (AvgIpc) is 2.44. The Labute approximate surface area is 119 Å². The van der Waals surface area contributed by atoms with Gasteiger partial charge in [0.2, 0.25) is 0 Å². The minimum absolute atomic E-state index is 0.610. The van der Waals surface area contributed by atoms with Gasteiger partial charge in [-0.3, -0.25) is 0 Å². The molecule has 8 heteroatoms. The Hall–Kier alpha value is 0.200. The zero-order valence-electron chi connectivity index (χ0n) is 7.52. The van der Waals surface area contributed by atoms with Crippen molar-refractivity contribution in [2.24, 2.45) is 0 Å². The van der Waals surface area contributed by atoms with Gasteiger partial charge in [0.1, 0.15) is 0 Å². The van der Waals surface area contributed by atoms with E-state index in [1.165, 1.54) is 0 Å². The lowest BCUT2D eigenvalue weighted by atomic mass is 10.1. The van der Waals surface area contributed by atoms with Gasteiger partial charge in [-0.1, -0.05) is 58.0 Å². The number of halogens is 8. The Bertz CT molecular complexity index is 564. The molecule has 1 aliphatic carbocycles. The van der Waals surface area contributed by atoms with E-state index in [1.54, 1.807) is 0 Å². The summed E-state index contributed by atoms with van der Waals surface area (Å²) in [5.41, 5.74) is -1.28. The highest BCUT2D eigenvalue weighted by molar-refractivity contribution is 6.57. The maximum atomic E-state index is 13.8. The normalized spacial score (nSPS) is 17.6. The molecule has 0 amide bonds. The van der Waals surface area contributed by atoms with Crippen molar-refractivity contribution in [3.63, 3.8) is 0 Å². The first-order valence-corrected chi connectivity index (χ1v) is 5.90. The molecule has 0 unspecified atom stereocenters. The summed E-state index contributed by atoms with van der Waals surface area (Å²) < 4.78 is 38.7. The van der Waals surface area contributed by atoms with Crippen LogP contribution in [0.5, 0.6) is 0 Å². The van der Waals surface area contributed by atoms with Crippen molar-refractivity contribution in [3.05, 3.63) is 38.6 Å². The molecule has 17 heavy (non-hydrogen) atoms. The molecule has 0 aromatic heterocycles. The highest BCUT2D eigenvalue weighted by atomic mass is 35.5. The van der Waals surface area contributed by atoms with Gasteiger partial charge in [0.15, 0.2) is 21.8 Å². The minimum atomic E-state index is -2.41. The average molecular weight is 342 g/mol. The van der Waals surface area contributed by atoms with E-state index >= 15 is 0 Å². The van der Waals surface area contributed by atoms with Crippen LogP contribution in [0.2, 0.25) is 10.0 Å². The highest BCUT2D eigenvalue weighted by Crippen LogP contribution is 2.57. The lowest BCUT2D eigenvalue weighted by Crippen LogP contribution is -2.11. The van der Waals surface area contributed by atoms with Gasteiger partial charge in [0.05, 0.1) is 15.1 Å². The van der Waals surface area contributed by atoms with Crippen LogP contribution in [-0.4, -0.2) is 0 Å². The van der Waals surface area contributed by atoms with Crippen LogP contribution in [0.1, 0.15) is 11.1 Å². The molecule has 1 aromatic rings. The molecule has 0 N–H and O–H groups in total. The van der Waals surface area contributed by atoms with Gasteiger partial charge in [-0.25, -0.2) is 13.2 Å². The second-order valence-corrected chi connectivity index (χ2v) is 5.67. The van der Waals surface area contributed by atoms with Crippen molar-refractivity contribution in [2.75, 3.05) is 0 Å². The Morgan fingerprint density at radius 2 is 1.29 bits per heavy atom. The predicted octanol–water partition coefficient (Wildman–Crippen LogP) is 5.79. The molecule has 0 atom stereocenters. The second kappa shape index (κ2) is 4.10. The largest absolute Gasteiger partial charge is 0.206 e. The molecule has 1 aliphatic rings. The first-order chi connectivity index (χ1) is 7.71. The van der Waals surface area contributed by atoms with Crippen LogP contribution in [0.3, 0.4) is 0 Å². The summed E-state index contributed by atoms with van der Waals surface area (Å²) in [5.74, 6) is -3.64. The van der Waals surface area contributed by atoms with E-state index in [9.17, 15) is 13.2 Å². The maximum Gasteiger partial charge on any atom is 0.199 e. The first-order valence-electron chi connectivity index (χ1n) is 4.01. The molecule has 0 saturated carbocycles. The molecule has 0 aliphatic heterocycles. The van der Waals surface area contributed by atoms with Gasteiger partial charge < -0.3 is 0 Å². The van der Waals surface area contributed by atoms with Crippen molar-refractivity contribution in [3.8, 4) is 0 Å². The van der Waals surface area contributed by atoms with Crippen LogP contribution in [0, 0.1) is 11.6 Å². The lowest BCUT2D eigenvalue weighted by molar-refractivity contribution is 0.559. The number of allylic oxidation sites excluding steroid dienone is 1. The quantitative estimate of drug-likeness (QED) is 0.318. The number of fused-ring (bicyclic) bond motifs is 1. The molecule has 92 valence electrons. The van der Waals surface area contributed by atoms with Crippen LogP contribution in [-0.2, 0) is 4.33 Å². The topological polar surface area (TPSA) is 0 Å². The molecule has 2 rings (SSSR count). The fourth-order valence-corrected chi connectivity index (χ4v) is 2.80. The SMILES string of the molecule is FC1=C(Cl)c2c(F)c(Cl)c(Cl)c(F)c2C1(Cl)Cl. The van der Waals surface area contributed by atoms with E-state index in [-0.39, 0.29) is 0 Å². The van der Waals surface area contributed by atoms with Crippen LogP contribution in [0.4, 0.5) is 13.2 Å². The summed E-state index contributed by atoms with van der Waals surface area (Å²) >= 11 is 27.6. The number of hydrogen-bond donors (Lipinski definition) is 0. The van der Waals surface area contributed by atoms with Crippen molar-refractivity contribution in [1.82, 2.24) is 0 Å². The second-order valence-electron chi connectivity index (χ2n) is 3.21. The summed E-state index contributed by atoms with van der Waals surface area (Å²) in [4.78, 5) is 0. The monoisotopic (exact) mass is 340 g/mol. The molecular formula is C9Cl5F3. The van der Waals surface area contributed by atoms with Crippen molar-refractivity contribution in [1.29, 1.82) is 0 Å². The molecule has 0 saturated heterocycles. The summed E-state index contributed by atoms with van der Waals surface area (Å²) in [6.45, 7) is 0. The highest BCUT2D eigenvalue weighted by Gasteiger charge is 2.48. The molecule has 0 nitrogen and oxygen atoms in total. The zero-order valence-corrected chi connectivity index (χ0v) is 11.3. The number of benzene rings is 1. The Morgan fingerprint density at radius 3 is 1.82 bits per heavy atom. The first kappa shape index (κ1) is 13.6. The Morgan fingerprint density at radius 1 is 0.824 bits per heavy atom. The predicted molar refractivity (Wildman–Crippen MR) is 63.6 cm³/mol. The van der Waals surface area contributed by atoms with Crippen molar-refractivity contribution >= 4 is 63.0 Å². The van der Waals surface area contributed by atoms with Gasteiger partial charge in [0.25, 0.3) is 0 Å². The molecule has 1 aromatic carbocycles. The van der Waals surface area contributed by atoms with Crippen molar-refractivity contribution in [2.45, 2.75) is 4.33 Å². The fraction of sp³-hybridized carbons (Fsp3) is 0.111. The lowest BCUT2D eigenvalue weighted by Gasteiger charge is -2.16. The van der Waals surface area contributed by atoms with Crippen LogP contribution in [0.25, 0.3) is 5.03 Å². The Balaban J connectivity index is 2.96. The fourth-order valence-electron chi connectivity index (χ4n) is 1.49. The summed E-state index contributed by atoms with van der Waals surface area (Å²) in [5, 5.41) is -2.16. The third-order valence-electron chi connectivity index (χ3n) is 2.27. The van der Waals surface area contributed by atoms with E-state index in [0.717, 1.165) is 0 Å². The standard InChI is InChI=1S/C9Cl5F3/c10-3-1-2(9(13,14)8(3)17)7(16)5(12)4(11)6(1)15. The zero-order chi connectivity index (χ0) is 13.1. The van der Waals surface area contributed by atoms with Crippen molar-refractivity contribution < 1.29 is 13.2 Å². The minimum Gasteiger partial charge on any atom is -0.206 e. The Kier molecular flexibility index (Phi) is 3.29. The van der Waals surface area contributed by atoms with Crippen LogP contribution in [0.15, 0.2) is 5.83 Å². The van der Waals surface area contributed by atoms with Gasteiger partial charge in [-0.05, 0) is 0 Å². The smallest absolute Gasteiger partial charge is 0.199 e. The van der Waals surface area contributed by atoms with E-state index < -0.39 is 48.0 Å². The molecule has 0 heterocycles. The number of alkyl halides is 2.